The normalized spacial score (nSPS) is 20.9. The van der Waals surface area contributed by atoms with E-state index in [-0.39, 0.29) is 11.5 Å². The van der Waals surface area contributed by atoms with Crippen LogP contribution in [0, 0.1) is 0 Å². The number of allylic oxidation sites excluding steroid dienone is 3. The number of nitrogens with one attached hydrogen (secondary N) is 1. The van der Waals surface area contributed by atoms with E-state index in [2.05, 4.69) is 25.2 Å². The Morgan fingerprint density at radius 1 is 1.29 bits per heavy atom. The first-order valence-corrected chi connectivity index (χ1v) is 9.04. The second-order valence-electron chi connectivity index (χ2n) is 5.68. The molecule has 1 aliphatic rings. The Bertz CT molecular complexity index is 516. The van der Waals surface area contributed by atoms with Crippen LogP contribution in [0.25, 0.3) is 0 Å². The summed E-state index contributed by atoms with van der Waals surface area (Å²) in [5.74, 6) is 0.0479. The summed E-state index contributed by atoms with van der Waals surface area (Å²) < 4.78 is 27.6. The molecule has 0 aromatic carbocycles. The number of hydrogen-bond donors (Lipinski definition) is 1. The van der Waals surface area contributed by atoms with Crippen molar-refractivity contribution in [3.05, 3.63) is 23.3 Å². The molecule has 1 amide bonds. The lowest BCUT2D eigenvalue weighted by Gasteiger charge is -2.10. The maximum Gasteiger partial charge on any atom is 0.407 e. The molecule has 6 heteroatoms. The van der Waals surface area contributed by atoms with Crippen LogP contribution in [-0.4, -0.2) is 38.7 Å². The highest BCUT2D eigenvalue weighted by Crippen LogP contribution is 2.14. The molecule has 0 spiro atoms. The van der Waals surface area contributed by atoms with Gasteiger partial charge in [-0.25, -0.2) is 13.2 Å². The van der Waals surface area contributed by atoms with E-state index >= 15 is 0 Å². The smallest absolute Gasteiger partial charge is 0.407 e. The van der Waals surface area contributed by atoms with Crippen LogP contribution in [0.15, 0.2) is 23.3 Å². The summed E-state index contributed by atoms with van der Waals surface area (Å²) in [6.07, 6.45) is 5.43. The van der Waals surface area contributed by atoms with E-state index < -0.39 is 22.0 Å². The fraction of sp³-hybridized carbons (Fsp3) is 0.667. The standard InChI is InChI=1S/C15H25NO4S/c1-12(2)5-4-6-13(3)7-9-16-15(17)20-14-8-10-21(18,19)11-14/h5,7,14H,4,6,8-11H2,1-3H3,(H,16,17)/b13-7+. The Balaban J connectivity index is 2.22. The van der Waals surface area contributed by atoms with Crippen LogP contribution < -0.4 is 5.32 Å². The molecule has 1 unspecified atom stereocenters. The minimum Gasteiger partial charge on any atom is -0.445 e. The first kappa shape index (κ1) is 17.8. The van der Waals surface area contributed by atoms with Crippen LogP contribution in [0.2, 0.25) is 0 Å². The van der Waals surface area contributed by atoms with Gasteiger partial charge in [-0.2, -0.15) is 0 Å². The molecular formula is C15H25NO4S. The summed E-state index contributed by atoms with van der Waals surface area (Å²) in [5.41, 5.74) is 2.51. The lowest BCUT2D eigenvalue weighted by atomic mass is 10.1. The van der Waals surface area contributed by atoms with Gasteiger partial charge in [-0.1, -0.05) is 23.3 Å². The monoisotopic (exact) mass is 315 g/mol. The van der Waals surface area contributed by atoms with Gasteiger partial charge in [0.15, 0.2) is 9.84 Å². The van der Waals surface area contributed by atoms with Crippen molar-refractivity contribution in [1.82, 2.24) is 5.32 Å². The van der Waals surface area contributed by atoms with Crippen molar-refractivity contribution in [2.24, 2.45) is 0 Å². The minimum absolute atomic E-state index is 0.0575. The van der Waals surface area contributed by atoms with Gasteiger partial charge in [0.1, 0.15) is 6.10 Å². The van der Waals surface area contributed by atoms with E-state index in [0.717, 1.165) is 12.8 Å². The Hall–Kier alpha value is -1.30. The lowest BCUT2D eigenvalue weighted by molar-refractivity contribution is 0.111. The maximum absolute atomic E-state index is 11.5. The van der Waals surface area contributed by atoms with Crippen LogP contribution in [0.1, 0.15) is 40.0 Å². The number of alkyl carbamates (subject to hydrolysis) is 1. The molecule has 1 fully saturated rings. The van der Waals surface area contributed by atoms with Crippen molar-refractivity contribution in [2.45, 2.75) is 46.1 Å². The molecule has 21 heavy (non-hydrogen) atoms. The minimum atomic E-state index is -3.01. The average Bonchev–Trinajstić information content (AvgIpc) is 2.68. The third kappa shape index (κ3) is 7.90. The molecule has 120 valence electrons. The third-order valence-electron chi connectivity index (χ3n) is 3.25. The van der Waals surface area contributed by atoms with E-state index in [9.17, 15) is 13.2 Å². The average molecular weight is 315 g/mol. The second-order valence-corrected chi connectivity index (χ2v) is 7.91. The van der Waals surface area contributed by atoms with Crippen molar-refractivity contribution < 1.29 is 17.9 Å². The molecule has 0 aromatic heterocycles. The van der Waals surface area contributed by atoms with Crippen LogP contribution in [0.3, 0.4) is 0 Å². The largest absolute Gasteiger partial charge is 0.445 e. The highest BCUT2D eigenvalue weighted by molar-refractivity contribution is 7.91. The van der Waals surface area contributed by atoms with Gasteiger partial charge in [0.25, 0.3) is 0 Å². The highest BCUT2D eigenvalue weighted by atomic mass is 32.2. The summed E-state index contributed by atoms with van der Waals surface area (Å²) in [7, 11) is -3.01. The summed E-state index contributed by atoms with van der Waals surface area (Å²) in [4.78, 5) is 11.5. The molecule has 1 N–H and O–H groups in total. The van der Waals surface area contributed by atoms with Crippen molar-refractivity contribution >= 4 is 15.9 Å². The van der Waals surface area contributed by atoms with E-state index in [1.807, 2.05) is 13.0 Å². The summed E-state index contributed by atoms with van der Waals surface area (Å²) >= 11 is 0. The van der Waals surface area contributed by atoms with E-state index in [1.165, 1.54) is 11.1 Å². The zero-order valence-electron chi connectivity index (χ0n) is 13.0. The number of amides is 1. The molecular weight excluding hydrogens is 290 g/mol. The lowest BCUT2D eigenvalue weighted by Crippen LogP contribution is -2.29. The first-order chi connectivity index (χ1) is 9.78. The molecule has 1 rings (SSSR count). The Labute approximate surface area is 127 Å². The topological polar surface area (TPSA) is 72.5 Å². The SMILES string of the molecule is CC(C)=CCC/C(C)=C/CNC(=O)OC1CCS(=O)(=O)C1. The first-order valence-electron chi connectivity index (χ1n) is 7.22. The molecule has 0 aliphatic carbocycles. The molecule has 1 atom stereocenters. The maximum atomic E-state index is 11.5. The number of hydrogen-bond acceptors (Lipinski definition) is 4. The van der Waals surface area contributed by atoms with Crippen molar-refractivity contribution in [1.29, 1.82) is 0 Å². The molecule has 0 radical (unpaired) electrons. The van der Waals surface area contributed by atoms with E-state index in [1.54, 1.807) is 0 Å². The highest BCUT2D eigenvalue weighted by Gasteiger charge is 2.30. The van der Waals surface area contributed by atoms with Gasteiger partial charge in [-0.05, 0) is 40.0 Å². The molecule has 1 heterocycles. The Morgan fingerprint density at radius 3 is 2.57 bits per heavy atom. The molecule has 0 bridgehead atoms. The van der Waals surface area contributed by atoms with Crippen molar-refractivity contribution in [3.8, 4) is 0 Å². The number of carbonyl (C=O) groups is 1. The molecule has 1 aliphatic heterocycles. The molecule has 5 nitrogen and oxygen atoms in total. The number of sulfone groups is 1. The number of carbonyl (C=O) groups excluding carboxylic acids is 1. The second kappa shape index (κ2) is 8.22. The summed E-state index contributed by atoms with van der Waals surface area (Å²) in [5, 5.41) is 2.62. The fourth-order valence-electron chi connectivity index (χ4n) is 2.05. The van der Waals surface area contributed by atoms with Gasteiger partial charge in [0.05, 0.1) is 11.5 Å². The molecule has 0 aromatic rings. The van der Waals surface area contributed by atoms with Crippen LogP contribution >= 0.6 is 0 Å². The fourth-order valence-corrected chi connectivity index (χ4v) is 3.64. The van der Waals surface area contributed by atoms with Gasteiger partial charge in [-0.15, -0.1) is 0 Å². The van der Waals surface area contributed by atoms with Crippen molar-refractivity contribution in [2.75, 3.05) is 18.1 Å². The van der Waals surface area contributed by atoms with E-state index in [4.69, 9.17) is 4.74 Å². The zero-order chi connectivity index (χ0) is 15.9. The van der Waals surface area contributed by atoms with Crippen molar-refractivity contribution in [3.63, 3.8) is 0 Å². The van der Waals surface area contributed by atoms with Gasteiger partial charge in [0.2, 0.25) is 0 Å². The predicted octanol–water partition coefficient (Wildman–Crippen LogP) is 2.59. The van der Waals surface area contributed by atoms with Gasteiger partial charge in [-0.3, -0.25) is 0 Å². The van der Waals surface area contributed by atoms with Gasteiger partial charge < -0.3 is 10.1 Å². The summed E-state index contributed by atoms with van der Waals surface area (Å²) in [6.45, 7) is 6.56. The molecule has 1 saturated heterocycles. The van der Waals surface area contributed by atoms with Gasteiger partial charge in [0, 0.05) is 6.54 Å². The van der Waals surface area contributed by atoms with Gasteiger partial charge >= 0.3 is 6.09 Å². The molecule has 0 saturated carbocycles. The summed E-state index contributed by atoms with van der Waals surface area (Å²) in [6, 6.07) is 0. The Morgan fingerprint density at radius 2 is 2.00 bits per heavy atom. The van der Waals surface area contributed by atoms with Crippen LogP contribution in [-0.2, 0) is 14.6 Å². The number of ether oxygens (including phenoxy) is 1. The van der Waals surface area contributed by atoms with E-state index in [0.29, 0.717) is 13.0 Å². The Kier molecular flexibility index (Phi) is 6.95. The third-order valence-corrected chi connectivity index (χ3v) is 4.99. The number of rotatable bonds is 6. The van der Waals surface area contributed by atoms with Crippen LogP contribution in [0.5, 0.6) is 0 Å². The van der Waals surface area contributed by atoms with Crippen LogP contribution in [0.4, 0.5) is 4.79 Å². The zero-order valence-corrected chi connectivity index (χ0v) is 13.8. The quantitative estimate of drug-likeness (QED) is 0.765. The predicted molar refractivity (Wildman–Crippen MR) is 84.0 cm³/mol.